The maximum atomic E-state index is 14.1. The minimum Gasteiger partial charge on any atom is -0.274 e. The number of amides is 12. The van der Waals surface area contributed by atoms with Gasteiger partial charge < -0.3 is 0 Å². The van der Waals surface area contributed by atoms with Gasteiger partial charge in [-0.3, -0.25) is 57.5 Å². The van der Waals surface area contributed by atoms with Crippen molar-refractivity contribution in [2.75, 3.05) is 29.4 Å². The molecule has 0 N–H and O–H groups in total. The summed E-state index contributed by atoms with van der Waals surface area (Å²) in [7, 11) is 0. The molecule has 6 aliphatic rings. The van der Waals surface area contributed by atoms with E-state index in [0.717, 1.165) is 130 Å². The third kappa shape index (κ3) is 20.9. The maximum Gasteiger partial charge on any atom is 0.258 e. The van der Waals surface area contributed by atoms with Crippen LogP contribution in [-0.4, -0.2) is 70.9 Å². The zero-order valence-corrected chi connectivity index (χ0v) is 76.0. The van der Waals surface area contributed by atoms with E-state index in [1.54, 1.807) is 0 Å². The number of allylic oxidation sites excluding steroid dienone is 1. The lowest BCUT2D eigenvalue weighted by Gasteiger charge is -2.25. The van der Waals surface area contributed by atoms with Crippen LogP contribution in [0.25, 0.3) is 0 Å². The van der Waals surface area contributed by atoms with Crippen LogP contribution < -0.4 is 29.4 Å². The van der Waals surface area contributed by atoms with Gasteiger partial charge in [0.2, 0.25) is 11.8 Å². The standard InChI is InChI=1S/C47H66N2O4.2C29H30N2O4/c1-12-37-24-35(25-38(13-2)45(37)48-42(50)16-17-43(48)51)23-36-26-39(14-3)46(40(15-4)27-36)49-44(52)28-41(47(49)53)34(11)22-33(10)21-32(9)20-31(8)19-30(7)18-29(5)6;2*1-5-20-14-18(15-21(6-2)28(20)30-24(32)9-10-25(30)33)13-19-16-22(7-3)29(23(8-4)17-19)31-26(34)11-12-27(31)35/h16-17,22,24-27,29-33,41H,12-15,18-21,23,28H2,1-11H3;2*9-12,14-17H,5-8,13H2,1-4H3/b34-22+;;. The molecule has 18 heteroatoms. The largest absolute Gasteiger partial charge is 0.274 e. The van der Waals surface area contributed by atoms with E-state index in [-0.39, 0.29) is 77.3 Å². The molecule has 12 amide bonds. The number of anilines is 6. The zero-order chi connectivity index (χ0) is 89.7. The minimum atomic E-state index is -0.423. The molecule has 6 aromatic carbocycles. The van der Waals surface area contributed by atoms with Gasteiger partial charge >= 0.3 is 0 Å². The van der Waals surface area contributed by atoms with Crippen molar-refractivity contribution in [2.45, 2.75) is 260 Å². The molecule has 0 bridgehead atoms. The molecule has 6 aliphatic heterocycles. The fraction of sp³-hybridized carbons (Fsp3) is 0.429. The smallest absolute Gasteiger partial charge is 0.258 e. The quantitative estimate of drug-likeness (QED) is 0.0272. The van der Waals surface area contributed by atoms with Gasteiger partial charge in [0.15, 0.2) is 0 Å². The molecule has 18 nitrogen and oxygen atoms in total. The molecule has 648 valence electrons. The van der Waals surface area contributed by atoms with E-state index >= 15 is 0 Å². The molecule has 6 aromatic rings. The van der Waals surface area contributed by atoms with Crippen molar-refractivity contribution < 1.29 is 57.5 Å². The van der Waals surface area contributed by atoms with Crippen LogP contribution >= 0.6 is 0 Å². The highest BCUT2D eigenvalue weighted by atomic mass is 16.2. The lowest BCUT2D eigenvalue weighted by atomic mass is 9.83. The summed E-state index contributed by atoms with van der Waals surface area (Å²) < 4.78 is 0. The summed E-state index contributed by atoms with van der Waals surface area (Å²) in [6.07, 6.45) is 30.9. The Morgan fingerprint density at radius 3 is 0.642 bits per heavy atom. The van der Waals surface area contributed by atoms with Crippen LogP contribution in [0.5, 0.6) is 0 Å². The van der Waals surface area contributed by atoms with E-state index < -0.39 is 5.92 Å². The number of imide groups is 6. The van der Waals surface area contributed by atoms with Crippen molar-refractivity contribution in [1.82, 2.24) is 0 Å². The Hall–Kier alpha value is -11.4. The lowest BCUT2D eigenvalue weighted by molar-refractivity contribution is -0.123. The van der Waals surface area contributed by atoms with Gasteiger partial charge in [0.1, 0.15) is 0 Å². The molecule has 5 unspecified atom stereocenters. The van der Waals surface area contributed by atoms with Crippen LogP contribution in [0.2, 0.25) is 0 Å². The first kappa shape index (κ1) is 93.9. The van der Waals surface area contributed by atoms with E-state index in [2.05, 4.69) is 134 Å². The van der Waals surface area contributed by atoms with Gasteiger partial charge in [-0.25, -0.2) is 29.4 Å². The fourth-order valence-electron chi connectivity index (χ4n) is 19.3. The Morgan fingerprint density at radius 1 is 0.276 bits per heavy atom. The Kier molecular flexibility index (Phi) is 31.8. The van der Waals surface area contributed by atoms with Gasteiger partial charge in [0.25, 0.3) is 59.1 Å². The summed E-state index contributed by atoms with van der Waals surface area (Å²) in [5.41, 5.74) is 23.6. The van der Waals surface area contributed by atoms with Gasteiger partial charge in [-0.15, -0.1) is 0 Å². The van der Waals surface area contributed by atoms with E-state index in [4.69, 9.17) is 0 Å². The average molecular weight is 1660 g/mol. The fourth-order valence-corrected chi connectivity index (χ4v) is 19.3. The molecule has 0 aromatic heterocycles. The molecule has 12 rings (SSSR count). The molecular formula is C105H126N6O12. The number of carbonyl (C=O) groups is 12. The topological polar surface area (TPSA) is 224 Å². The van der Waals surface area contributed by atoms with Crippen molar-refractivity contribution in [3.63, 3.8) is 0 Å². The second-order valence-corrected chi connectivity index (χ2v) is 34.4. The molecule has 123 heavy (non-hydrogen) atoms. The summed E-state index contributed by atoms with van der Waals surface area (Å²) in [6.45, 7) is 40.5. The van der Waals surface area contributed by atoms with Crippen molar-refractivity contribution in [1.29, 1.82) is 0 Å². The van der Waals surface area contributed by atoms with Gasteiger partial charge in [-0.05, 0) is 259 Å². The average Bonchev–Trinajstić information content (AvgIpc) is 1.59. The normalized spacial score (nSPS) is 16.8. The van der Waals surface area contributed by atoms with Gasteiger partial charge in [-0.1, -0.05) is 209 Å². The molecule has 6 heterocycles. The van der Waals surface area contributed by atoms with Crippen molar-refractivity contribution in [3.8, 4) is 0 Å². The van der Waals surface area contributed by atoms with E-state index in [9.17, 15) is 57.5 Å². The number of benzene rings is 6. The number of rotatable bonds is 34. The minimum absolute atomic E-state index is 0.106. The van der Waals surface area contributed by atoms with E-state index in [0.29, 0.717) is 143 Å². The second kappa shape index (κ2) is 41.6. The van der Waals surface area contributed by atoms with Crippen LogP contribution in [0.1, 0.15) is 264 Å². The predicted molar refractivity (Wildman–Crippen MR) is 492 cm³/mol. The molecule has 5 atom stereocenters. The van der Waals surface area contributed by atoms with Gasteiger partial charge in [0.05, 0.1) is 40.0 Å². The summed E-state index contributed by atoms with van der Waals surface area (Å²) in [4.78, 5) is 160. The van der Waals surface area contributed by atoms with E-state index in [1.807, 2.05) is 76.2 Å². The Bertz CT molecular complexity index is 4730. The molecule has 0 radical (unpaired) electrons. The van der Waals surface area contributed by atoms with Crippen molar-refractivity contribution in [3.05, 3.63) is 245 Å². The molecule has 1 fully saturated rings. The summed E-state index contributed by atoms with van der Waals surface area (Å²) >= 11 is 0. The lowest BCUT2D eigenvalue weighted by Crippen LogP contribution is -2.32. The first-order valence-corrected chi connectivity index (χ1v) is 45.0. The van der Waals surface area contributed by atoms with Crippen LogP contribution in [0.4, 0.5) is 34.1 Å². The number of aryl methyl sites for hydroxylation is 12. The maximum absolute atomic E-state index is 14.1. The molecule has 0 aliphatic carbocycles. The van der Waals surface area contributed by atoms with Crippen LogP contribution in [0.15, 0.2) is 145 Å². The number of hydrogen-bond donors (Lipinski definition) is 0. The molecule has 1 saturated heterocycles. The second-order valence-electron chi connectivity index (χ2n) is 34.4. The molecule has 0 spiro atoms. The first-order chi connectivity index (χ1) is 58.7. The third-order valence-electron chi connectivity index (χ3n) is 24.7. The van der Waals surface area contributed by atoms with Gasteiger partial charge in [0, 0.05) is 67.2 Å². The Labute approximate surface area is 728 Å². The molecule has 0 saturated carbocycles. The summed E-state index contributed by atoms with van der Waals surface area (Å²) in [6, 6.07) is 25.2. The Morgan fingerprint density at radius 2 is 0.455 bits per heavy atom. The first-order valence-electron chi connectivity index (χ1n) is 45.0. The highest BCUT2D eigenvalue weighted by Gasteiger charge is 2.43. The highest BCUT2D eigenvalue weighted by Crippen LogP contribution is 2.42. The molecular weight excluding hydrogens is 1540 g/mol. The highest BCUT2D eigenvalue weighted by molar-refractivity contribution is 6.32. The SMILES string of the molecule is CCc1cc(Cc2cc(CC)c(N3C(=O)C=CC3=O)c(CC)c2)cc(CC)c1N1C(=O)C=CC1=O.CCc1cc(Cc2cc(CC)c(N3C(=O)C=CC3=O)c(CC)c2)cc(CC)c1N1C(=O)C=CC1=O.CCc1cc(Cc2cc(CC)c(N3C(=O)CC(/C(C)=C/C(C)CC(C)CC(C)CC(C)CC(C)C)C3=O)c(CC)c2)cc(CC)c1N1C(=O)C=CC1=O. The van der Waals surface area contributed by atoms with E-state index in [1.165, 1.54) is 109 Å². The number of nitrogens with zero attached hydrogens (tertiary/aromatic N) is 6. The Balaban J connectivity index is 0.000000200. The number of carbonyl (C=O) groups excluding carboxylic acids is 12. The van der Waals surface area contributed by atoms with Crippen LogP contribution in [-0.2, 0) is 154 Å². The third-order valence-corrected chi connectivity index (χ3v) is 24.7. The number of hydrogen-bond acceptors (Lipinski definition) is 12. The monoisotopic (exact) mass is 1660 g/mol. The van der Waals surface area contributed by atoms with Crippen molar-refractivity contribution >= 4 is 105 Å². The van der Waals surface area contributed by atoms with Crippen molar-refractivity contribution in [2.24, 2.45) is 35.5 Å². The van der Waals surface area contributed by atoms with Crippen LogP contribution in [0.3, 0.4) is 0 Å². The predicted octanol–water partition coefficient (Wildman–Crippen LogP) is 19.3. The summed E-state index contributed by atoms with van der Waals surface area (Å²) in [5.74, 6) is -0.533. The zero-order valence-electron chi connectivity index (χ0n) is 76.0. The van der Waals surface area contributed by atoms with Crippen LogP contribution in [0, 0.1) is 35.5 Å². The van der Waals surface area contributed by atoms with Gasteiger partial charge in [-0.2, -0.15) is 0 Å². The summed E-state index contributed by atoms with van der Waals surface area (Å²) in [5, 5.41) is 0.